The minimum absolute atomic E-state index is 0.213. The van der Waals surface area contributed by atoms with E-state index in [1.54, 1.807) is 30.5 Å². The third-order valence-electron chi connectivity index (χ3n) is 4.11. The van der Waals surface area contributed by atoms with Crippen molar-refractivity contribution in [3.63, 3.8) is 0 Å². The van der Waals surface area contributed by atoms with Gasteiger partial charge in [0.15, 0.2) is 0 Å². The van der Waals surface area contributed by atoms with Crippen LogP contribution in [-0.4, -0.2) is 10.9 Å². The first-order valence-electron chi connectivity index (χ1n) is 8.21. The van der Waals surface area contributed by atoms with Crippen LogP contribution in [0.3, 0.4) is 0 Å². The Labute approximate surface area is 167 Å². The van der Waals surface area contributed by atoms with E-state index in [0.29, 0.717) is 22.3 Å². The summed E-state index contributed by atoms with van der Waals surface area (Å²) >= 11 is 3.28. The molecule has 0 atom stereocenters. The van der Waals surface area contributed by atoms with E-state index < -0.39 is 17.6 Å². The number of aromatic nitrogens is 1. The standard InChI is InChI=1S/C20H15BrF3N3O/c21-18-11-12(8-9-26-18)10-14-13(4-3-6-16(14)25)19(28)27-17-7-2-1-5-15(17)20(22,23)24/h1-9,11H,10,25H2,(H,27,28). The minimum atomic E-state index is -4.58. The fraction of sp³-hybridized carbons (Fsp3) is 0.100. The number of halogens is 4. The van der Waals surface area contributed by atoms with Crippen LogP contribution in [-0.2, 0) is 12.6 Å². The molecule has 3 N–H and O–H groups in total. The van der Waals surface area contributed by atoms with Crippen LogP contribution in [0.5, 0.6) is 0 Å². The number of carbonyl (C=O) groups is 1. The predicted molar refractivity (Wildman–Crippen MR) is 105 cm³/mol. The number of rotatable bonds is 4. The van der Waals surface area contributed by atoms with E-state index in [9.17, 15) is 18.0 Å². The monoisotopic (exact) mass is 449 g/mol. The Morgan fingerprint density at radius 3 is 2.57 bits per heavy atom. The molecule has 0 aliphatic carbocycles. The zero-order valence-electron chi connectivity index (χ0n) is 14.4. The molecule has 3 aromatic rings. The average molecular weight is 450 g/mol. The molecule has 8 heteroatoms. The number of nitrogen functional groups attached to an aromatic ring is 1. The first-order valence-corrected chi connectivity index (χ1v) is 9.00. The van der Waals surface area contributed by atoms with Crippen LogP contribution in [0.25, 0.3) is 0 Å². The van der Waals surface area contributed by atoms with Gasteiger partial charge < -0.3 is 11.1 Å². The lowest BCUT2D eigenvalue weighted by Crippen LogP contribution is -2.18. The van der Waals surface area contributed by atoms with Gasteiger partial charge in [0, 0.05) is 23.9 Å². The maximum absolute atomic E-state index is 13.2. The molecule has 1 amide bonds. The van der Waals surface area contributed by atoms with E-state index in [1.807, 2.05) is 0 Å². The molecule has 0 saturated heterocycles. The van der Waals surface area contributed by atoms with Crippen molar-refractivity contribution in [2.75, 3.05) is 11.1 Å². The molecule has 3 rings (SSSR count). The molecule has 1 aromatic heterocycles. The molecule has 0 unspecified atom stereocenters. The molecule has 0 spiro atoms. The van der Waals surface area contributed by atoms with Gasteiger partial charge in [-0.05, 0) is 63.5 Å². The summed E-state index contributed by atoms with van der Waals surface area (Å²) in [7, 11) is 0. The van der Waals surface area contributed by atoms with Crippen LogP contribution in [0.15, 0.2) is 65.4 Å². The van der Waals surface area contributed by atoms with Crippen molar-refractivity contribution >= 4 is 33.2 Å². The Hall–Kier alpha value is -2.87. The number of para-hydroxylation sites is 1. The van der Waals surface area contributed by atoms with Crippen molar-refractivity contribution < 1.29 is 18.0 Å². The SMILES string of the molecule is Nc1cccc(C(=O)Nc2ccccc2C(F)(F)F)c1Cc1ccnc(Br)c1. The van der Waals surface area contributed by atoms with Gasteiger partial charge in [-0.2, -0.15) is 13.2 Å². The van der Waals surface area contributed by atoms with Crippen LogP contribution in [0.1, 0.15) is 27.0 Å². The summed E-state index contributed by atoms with van der Waals surface area (Å²) in [6.07, 6.45) is -2.64. The van der Waals surface area contributed by atoms with E-state index in [2.05, 4.69) is 26.2 Å². The van der Waals surface area contributed by atoms with Crippen molar-refractivity contribution in [3.05, 3.63) is 87.7 Å². The topological polar surface area (TPSA) is 68.0 Å². The van der Waals surface area contributed by atoms with E-state index in [1.165, 1.54) is 24.3 Å². The smallest absolute Gasteiger partial charge is 0.398 e. The summed E-state index contributed by atoms with van der Waals surface area (Å²) in [6, 6.07) is 13.2. The van der Waals surface area contributed by atoms with Gasteiger partial charge in [0.1, 0.15) is 4.60 Å². The Balaban J connectivity index is 1.95. The Kier molecular flexibility index (Phi) is 5.69. The van der Waals surface area contributed by atoms with E-state index in [0.717, 1.165) is 11.6 Å². The zero-order chi connectivity index (χ0) is 20.3. The van der Waals surface area contributed by atoms with Gasteiger partial charge in [-0.15, -0.1) is 0 Å². The predicted octanol–water partition coefficient (Wildman–Crippen LogP) is 5.29. The number of nitrogens with zero attached hydrogens (tertiary/aromatic N) is 1. The van der Waals surface area contributed by atoms with Gasteiger partial charge in [-0.3, -0.25) is 4.79 Å². The van der Waals surface area contributed by atoms with Crippen molar-refractivity contribution in [1.29, 1.82) is 0 Å². The molecule has 0 aliphatic rings. The van der Waals surface area contributed by atoms with Gasteiger partial charge in [0.2, 0.25) is 0 Å². The molecule has 1 heterocycles. The number of pyridine rings is 1. The maximum atomic E-state index is 13.2. The minimum Gasteiger partial charge on any atom is -0.398 e. The normalized spacial score (nSPS) is 11.3. The molecule has 4 nitrogen and oxygen atoms in total. The van der Waals surface area contributed by atoms with Crippen molar-refractivity contribution in [2.45, 2.75) is 12.6 Å². The molecule has 0 saturated carbocycles. The number of nitrogens with one attached hydrogen (secondary N) is 1. The second-order valence-electron chi connectivity index (χ2n) is 6.03. The quantitative estimate of drug-likeness (QED) is 0.420. The van der Waals surface area contributed by atoms with Crippen molar-refractivity contribution in [2.24, 2.45) is 0 Å². The van der Waals surface area contributed by atoms with E-state index in [-0.39, 0.29) is 11.3 Å². The number of benzene rings is 2. The molecule has 0 aliphatic heterocycles. The molecule has 0 radical (unpaired) electrons. The van der Waals surface area contributed by atoms with Crippen LogP contribution in [0.2, 0.25) is 0 Å². The third kappa shape index (κ3) is 4.51. The maximum Gasteiger partial charge on any atom is 0.418 e. The number of alkyl halides is 3. The second kappa shape index (κ2) is 8.02. The largest absolute Gasteiger partial charge is 0.418 e. The van der Waals surface area contributed by atoms with Crippen molar-refractivity contribution in [1.82, 2.24) is 4.98 Å². The number of hydrogen-bond donors (Lipinski definition) is 2. The van der Waals surface area contributed by atoms with Gasteiger partial charge in [0.05, 0.1) is 11.3 Å². The highest BCUT2D eigenvalue weighted by atomic mass is 79.9. The highest BCUT2D eigenvalue weighted by molar-refractivity contribution is 9.10. The van der Waals surface area contributed by atoms with Crippen molar-refractivity contribution in [3.8, 4) is 0 Å². The average Bonchev–Trinajstić information content (AvgIpc) is 2.63. The summed E-state index contributed by atoms with van der Waals surface area (Å²) in [5.41, 5.74) is 6.81. The molecule has 144 valence electrons. The fourth-order valence-electron chi connectivity index (χ4n) is 2.80. The van der Waals surface area contributed by atoms with Crippen LogP contribution < -0.4 is 11.1 Å². The Bertz CT molecular complexity index is 1020. The van der Waals surface area contributed by atoms with Crippen LogP contribution in [0, 0.1) is 0 Å². The number of nitrogens with two attached hydrogens (primary N) is 1. The summed E-state index contributed by atoms with van der Waals surface area (Å²) in [4.78, 5) is 16.8. The van der Waals surface area contributed by atoms with Gasteiger partial charge in [0.25, 0.3) is 5.91 Å². The van der Waals surface area contributed by atoms with Gasteiger partial charge >= 0.3 is 6.18 Å². The Morgan fingerprint density at radius 1 is 1.11 bits per heavy atom. The summed E-state index contributed by atoms with van der Waals surface area (Å²) in [5.74, 6) is -0.660. The van der Waals surface area contributed by atoms with E-state index >= 15 is 0 Å². The molecule has 28 heavy (non-hydrogen) atoms. The highest BCUT2D eigenvalue weighted by Crippen LogP contribution is 2.35. The third-order valence-corrected chi connectivity index (χ3v) is 4.54. The first kappa shape index (κ1) is 19.9. The Morgan fingerprint density at radius 2 is 1.86 bits per heavy atom. The number of amides is 1. The lowest BCUT2D eigenvalue weighted by molar-refractivity contribution is -0.136. The fourth-order valence-corrected chi connectivity index (χ4v) is 3.21. The lowest BCUT2D eigenvalue weighted by Gasteiger charge is -2.16. The summed E-state index contributed by atoms with van der Waals surface area (Å²) in [6.45, 7) is 0. The zero-order valence-corrected chi connectivity index (χ0v) is 16.0. The molecule has 0 fully saturated rings. The molecular weight excluding hydrogens is 435 g/mol. The number of carbonyl (C=O) groups excluding carboxylic acids is 1. The molecule has 2 aromatic carbocycles. The second-order valence-corrected chi connectivity index (χ2v) is 6.85. The molecule has 0 bridgehead atoms. The van der Waals surface area contributed by atoms with Gasteiger partial charge in [-0.25, -0.2) is 4.98 Å². The summed E-state index contributed by atoms with van der Waals surface area (Å²) in [5, 5.41) is 2.36. The first-order chi connectivity index (χ1) is 13.3. The molecular formula is C20H15BrF3N3O. The highest BCUT2D eigenvalue weighted by Gasteiger charge is 2.33. The number of hydrogen-bond acceptors (Lipinski definition) is 3. The van der Waals surface area contributed by atoms with E-state index in [4.69, 9.17) is 5.73 Å². The van der Waals surface area contributed by atoms with Gasteiger partial charge in [-0.1, -0.05) is 18.2 Å². The number of anilines is 2. The van der Waals surface area contributed by atoms with Crippen LogP contribution >= 0.6 is 15.9 Å². The summed E-state index contributed by atoms with van der Waals surface area (Å²) < 4.78 is 40.2. The van der Waals surface area contributed by atoms with Crippen LogP contribution in [0.4, 0.5) is 24.5 Å². The lowest BCUT2D eigenvalue weighted by atomic mass is 9.98.